The minimum absolute atomic E-state index is 0.0927. The second-order valence-corrected chi connectivity index (χ2v) is 8.16. The summed E-state index contributed by atoms with van der Waals surface area (Å²) in [4.78, 5) is 50.5. The van der Waals surface area contributed by atoms with Crippen molar-refractivity contribution in [2.45, 2.75) is 6.92 Å². The first-order chi connectivity index (χ1) is 16.3. The van der Waals surface area contributed by atoms with Gasteiger partial charge in [-0.2, -0.15) is 0 Å². The molecule has 0 atom stereocenters. The number of hydrogen-bond donors (Lipinski definition) is 2. The van der Waals surface area contributed by atoms with Gasteiger partial charge in [0.2, 0.25) is 0 Å². The number of anilines is 3. The highest BCUT2D eigenvalue weighted by molar-refractivity contribution is 6.53. The van der Waals surface area contributed by atoms with Gasteiger partial charge in [0.1, 0.15) is 10.7 Å². The number of carbonyl (C=O) groups is 4. The largest absolute Gasteiger partial charge is 0.350 e. The van der Waals surface area contributed by atoms with Gasteiger partial charge in [-0.15, -0.1) is 0 Å². The third kappa shape index (κ3) is 4.57. The van der Waals surface area contributed by atoms with Crippen molar-refractivity contribution < 1.29 is 19.2 Å². The number of nitrogens with one attached hydrogen (secondary N) is 2. The first-order valence-corrected chi connectivity index (χ1v) is 10.8. The number of nitrogens with zero attached hydrogens (tertiary/aromatic N) is 1. The summed E-state index contributed by atoms with van der Waals surface area (Å²) in [5.41, 5.74) is 1.92. The molecule has 1 aliphatic heterocycles. The van der Waals surface area contributed by atoms with E-state index >= 15 is 0 Å². The highest BCUT2D eigenvalue weighted by Gasteiger charge is 2.39. The third-order valence-electron chi connectivity index (χ3n) is 5.06. The van der Waals surface area contributed by atoms with Gasteiger partial charge in [0.25, 0.3) is 17.7 Å². The van der Waals surface area contributed by atoms with Gasteiger partial charge < -0.3 is 10.6 Å². The molecule has 9 heteroatoms. The van der Waals surface area contributed by atoms with Crippen LogP contribution in [0, 0.1) is 0 Å². The molecule has 0 saturated carbocycles. The van der Waals surface area contributed by atoms with Gasteiger partial charge in [-0.25, -0.2) is 4.90 Å². The molecule has 7 nitrogen and oxygen atoms in total. The van der Waals surface area contributed by atoms with Crippen LogP contribution >= 0.6 is 23.2 Å². The minimum atomic E-state index is -0.689. The predicted molar refractivity (Wildman–Crippen MR) is 131 cm³/mol. The maximum Gasteiger partial charge on any atom is 0.283 e. The molecule has 0 saturated heterocycles. The molecular formula is C25H17Cl2N3O4. The van der Waals surface area contributed by atoms with Crippen LogP contribution in [0.25, 0.3) is 0 Å². The molecule has 34 heavy (non-hydrogen) atoms. The van der Waals surface area contributed by atoms with Gasteiger partial charge in [0.15, 0.2) is 5.78 Å². The number of Topliss-reactive ketones (excluding diaryl/α,β-unsaturated/α-hetero) is 1. The fourth-order valence-electron chi connectivity index (χ4n) is 3.33. The summed E-state index contributed by atoms with van der Waals surface area (Å²) in [5.74, 6) is -1.81. The molecule has 2 N–H and O–H groups in total. The zero-order valence-corrected chi connectivity index (χ0v) is 19.3. The Kier molecular flexibility index (Phi) is 6.49. The normalized spacial score (nSPS) is 13.3. The van der Waals surface area contributed by atoms with Gasteiger partial charge in [-0.1, -0.05) is 47.5 Å². The van der Waals surface area contributed by atoms with Crippen molar-refractivity contribution in [3.63, 3.8) is 0 Å². The van der Waals surface area contributed by atoms with Gasteiger partial charge >= 0.3 is 0 Å². The van der Waals surface area contributed by atoms with Crippen molar-refractivity contribution in [3.8, 4) is 0 Å². The van der Waals surface area contributed by atoms with Crippen LogP contribution in [-0.4, -0.2) is 23.5 Å². The van der Waals surface area contributed by atoms with Crippen molar-refractivity contribution in [3.05, 3.63) is 99.7 Å². The quantitative estimate of drug-likeness (QED) is 0.362. The topological polar surface area (TPSA) is 95.6 Å². The fourth-order valence-corrected chi connectivity index (χ4v) is 3.76. The molecule has 1 heterocycles. The van der Waals surface area contributed by atoms with E-state index in [4.69, 9.17) is 23.2 Å². The Bertz CT molecular complexity index is 1370. The lowest BCUT2D eigenvalue weighted by atomic mass is 10.1. The van der Waals surface area contributed by atoms with Gasteiger partial charge in [0.05, 0.1) is 10.7 Å². The van der Waals surface area contributed by atoms with E-state index < -0.39 is 11.8 Å². The van der Waals surface area contributed by atoms with E-state index in [0.29, 0.717) is 22.5 Å². The summed E-state index contributed by atoms with van der Waals surface area (Å²) < 4.78 is 0. The number of hydrogen-bond acceptors (Lipinski definition) is 5. The van der Waals surface area contributed by atoms with Crippen LogP contribution in [0.3, 0.4) is 0 Å². The number of ketones is 1. The highest BCUT2D eigenvalue weighted by atomic mass is 35.5. The lowest BCUT2D eigenvalue weighted by Gasteiger charge is -2.16. The SMILES string of the molecule is CC(=O)c1cccc(NC(=O)c2ccc(NC3=C(Cl)C(=O)N(c4ccccc4Cl)C3=O)cc2)c1. The molecule has 0 aliphatic carbocycles. The lowest BCUT2D eigenvalue weighted by Crippen LogP contribution is -2.32. The van der Waals surface area contributed by atoms with Crippen LogP contribution in [-0.2, 0) is 9.59 Å². The van der Waals surface area contributed by atoms with Gasteiger partial charge in [0, 0.05) is 22.5 Å². The number of carbonyl (C=O) groups excluding carboxylic acids is 4. The summed E-state index contributed by atoms with van der Waals surface area (Å²) in [6.45, 7) is 1.45. The first-order valence-electron chi connectivity index (χ1n) is 10.1. The molecule has 3 amide bonds. The molecule has 1 aliphatic rings. The van der Waals surface area contributed by atoms with E-state index in [1.165, 1.54) is 6.92 Å². The van der Waals surface area contributed by atoms with E-state index in [9.17, 15) is 19.2 Å². The van der Waals surface area contributed by atoms with Crippen LogP contribution in [0.2, 0.25) is 5.02 Å². The Hall–Kier alpha value is -3.94. The summed E-state index contributed by atoms with van der Waals surface area (Å²) in [6, 6.07) is 19.3. The lowest BCUT2D eigenvalue weighted by molar-refractivity contribution is -0.120. The zero-order valence-electron chi connectivity index (χ0n) is 17.8. The molecule has 4 rings (SSSR count). The fraction of sp³-hybridized carbons (Fsp3) is 0.0400. The molecule has 0 bridgehead atoms. The summed E-state index contributed by atoms with van der Waals surface area (Å²) in [5, 5.41) is 5.55. The Labute approximate surface area is 205 Å². The van der Waals surface area contributed by atoms with Crippen LogP contribution < -0.4 is 15.5 Å². The monoisotopic (exact) mass is 493 g/mol. The summed E-state index contributed by atoms with van der Waals surface area (Å²) in [6.07, 6.45) is 0. The molecule has 0 radical (unpaired) electrons. The van der Waals surface area contributed by atoms with Crippen molar-refractivity contribution in [1.29, 1.82) is 0 Å². The van der Waals surface area contributed by atoms with E-state index in [1.54, 1.807) is 72.8 Å². The molecule has 3 aromatic rings. The smallest absolute Gasteiger partial charge is 0.283 e. The second kappa shape index (κ2) is 9.51. The van der Waals surface area contributed by atoms with E-state index in [0.717, 1.165) is 4.90 Å². The zero-order chi connectivity index (χ0) is 24.4. The number of rotatable bonds is 6. The third-order valence-corrected chi connectivity index (χ3v) is 5.73. The number of imide groups is 1. The van der Waals surface area contributed by atoms with Crippen LogP contribution in [0.1, 0.15) is 27.6 Å². The van der Waals surface area contributed by atoms with Crippen molar-refractivity contribution >= 4 is 63.8 Å². The molecule has 0 fully saturated rings. The van der Waals surface area contributed by atoms with E-state index in [1.807, 2.05) is 0 Å². The standard InChI is InChI=1S/C25H17Cl2N3O4/c1-14(31)16-5-4-6-18(13-16)29-23(32)15-9-11-17(12-10-15)28-22-21(27)24(33)30(25(22)34)20-8-3-2-7-19(20)26/h2-13,28H,1H3,(H,29,32). The number of amides is 3. The Morgan fingerprint density at radius 3 is 2.18 bits per heavy atom. The number of para-hydroxylation sites is 1. The molecule has 3 aromatic carbocycles. The maximum absolute atomic E-state index is 12.9. The van der Waals surface area contributed by atoms with E-state index in [2.05, 4.69) is 10.6 Å². The molecule has 0 unspecified atom stereocenters. The van der Waals surface area contributed by atoms with Crippen molar-refractivity contribution in [2.75, 3.05) is 15.5 Å². The minimum Gasteiger partial charge on any atom is -0.350 e. The first kappa shape index (κ1) is 23.2. The Morgan fingerprint density at radius 2 is 1.50 bits per heavy atom. The molecule has 0 spiro atoms. The van der Waals surface area contributed by atoms with E-state index in [-0.39, 0.29) is 33.1 Å². The van der Waals surface area contributed by atoms with Gasteiger partial charge in [-0.3, -0.25) is 19.2 Å². The molecule has 0 aromatic heterocycles. The average Bonchev–Trinajstić information content (AvgIpc) is 3.03. The summed E-state index contributed by atoms with van der Waals surface area (Å²) in [7, 11) is 0. The summed E-state index contributed by atoms with van der Waals surface area (Å²) >= 11 is 12.3. The van der Waals surface area contributed by atoms with Crippen LogP contribution in [0.5, 0.6) is 0 Å². The van der Waals surface area contributed by atoms with Crippen LogP contribution in [0.4, 0.5) is 17.1 Å². The maximum atomic E-state index is 12.9. The Balaban J connectivity index is 1.48. The Morgan fingerprint density at radius 1 is 0.794 bits per heavy atom. The number of halogens is 2. The second-order valence-electron chi connectivity index (χ2n) is 7.38. The number of benzene rings is 3. The van der Waals surface area contributed by atoms with Crippen LogP contribution in [0.15, 0.2) is 83.5 Å². The molecule has 170 valence electrons. The highest BCUT2D eigenvalue weighted by Crippen LogP contribution is 2.34. The van der Waals surface area contributed by atoms with Gasteiger partial charge in [-0.05, 0) is 55.5 Å². The predicted octanol–water partition coefficient (Wildman–Crippen LogP) is 5.23. The van der Waals surface area contributed by atoms with Crippen molar-refractivity contribution in [1.82, 2.24) is 0 Å². The average molecular weight is 494 g/mol. The van der Waals surface area contributed by atoms with Crippen molar-refractivity contribution in [2.24, 2.45) is 0 Å². The molecular weight excluding hydrogens is 477 g/mol.